The van der Waals surface area contributed by atoms with E-state index < -0.39 is 0 Å². The third-order valence-electron chi connectivity index (χ3n) is 3.54. The standard InChI is InChI=1S/C15H17N2OS.BrH/c1-3-12-4-6-13(7-5-12)14-10-16-8-9-17(11(2)18)15(16)19-14;/h4-7,10H,3,8-9H2,1-2H3;1H/q+1;/p-1. The molecule has 0 fully saturated rings. The second-order valence-corrected chi connectivity index (χ2v) is 5.80. The molecule has 1 aliphatic heterocycles. The summed E-state index contributed by atoms with van der Waals surface area (Å²) < 4.78 is 2.18. The molecular weight excluding hydrogens is 336 g/mol. The van der Waals surface area contributed by atoms with Gasteiger partial charge in [-0.1, -0.05) is 31.2 Å². The molecule has 1 amide bonds. The summed E-state index contributed by atoms with van der Waals surface area (Å²) in [5.74, 6) is 0.126. The van der Waals surface area contributed by atoms with Crippen LogP contribution >= 0.6 is 11.3 Å². The number of aromatic nitrogens is 1. The quantitative estimate of drug-likeness (QED) is 0.677. The van der Waals surface area contributed by atoms with Gasteiger partial charge in [0, 0.05) is 6.92 Å². The Morgan fingerprint density at radius 2 is 2.05 bits per heavy atom. The minimum atomic E-state index is 0. The number of hydrogen-bond donors (Lipinski definition) is 0. The smallest absolute Gasteiger partial charge is 0.344 e. The Labute approximate surface area is 133 Å². The predicted octanol–water partition coefficient (Wildman–Crippen LogP) is -0.365. The SMILES string of the molecule is CCc1ccc(-c2c[n+]3c(s2)N(C(C)=O)CC3)cc1.[Br-]. The molecule has 0 radical (unpaired) electrons. The van der Waals surface area contributed by atoms with Crippen LogP contribution in [0.3, 0.4) is 0 Å². The summed E-state index contributed by atoms with van der Waals surface area (Å²) in [7, 11) is 0. The molecule has 3 nitrogen and oxygen atoms in total. The van der Waals surface area contributed by atoms with Crippen LogP contribution in [0.25, 0.3) is 10.4 Å². The predicted molar refractivity (Wildman–Crippen MR) is 77.4 cm³/mol. The van der Waals surface area contributed by atoms with Gasteiger partial charge in [0.1, 0.15) is 19.3 Å². The van der Waals surface area contributed by atoms with Crippen LogP contribution in [0.2, 0.25) is 0 Å². The van der Waals surface area contributed by atoms with E-state index in [4.69, 9.17) is 0 Å². The number of benzene rings is 1. The van der Waals surface area contributed by atoms with E-state index in [1.165, 1.54) is 16.0 Å². The van der Waals surface area contributed by atoms with E-state index >= 15 is 0 Å². The molecular formula is C15H17BrN2OS. The summed E-state index contributed by atoms with van der Waals surface area (Å²) in [6.07, 6.45) is 3.22. The molecule has 20 heavy (non-hydrogen) atoms. The van der Waals surface area contributed by atoms with Gasteiger partial charge in [-0.15, -0.1) is 0 Å². The molecule has 0 N–H and O–H groups in total. The molecule has 0 unspecified atom stereocenters. The third kappa shape index (κ3) is 2.65. The van der Waals surface area contributed by atoms with E-state index in [-0.39, 0.29) is 22.9 Å². The molecule has 2 heterocycles. The molecule has 3 rings (SSSR count). The van der Waals surface area contributed by atoms with Crippen LogP contribution in [0, 0.1) is 0 Å². The first-order valence-corrected chi connectivity index (χ1v) is 7.41. The van der Waals surface area contributed by atoms with Crippen LogP contribution < -0.4 is 26.4 Å². The molecule has 5 heteroatoms. The molecule has 0 atom stereocenters. The highest BCUT2D eigenvalue weighted by atomic mass is 79.9. The fraction of sp³-hybridized carbons (Fsp3) is 0.333. The Hall–Kier alpha value is -1.20. The number of carbonyl (C=O) groups excluding carboxylic acids is 1. The first-order chi connectivity index (χ1) is 9.19. The van der Waals surface area contributed by atoms with Crippen molar-refractivity contribution < 1.29 is 26.3 Å². The Balaban J connectivity index is 0.00000147. The van der Waals surface area contributed by atoms with Crippen molar-refractivity contribution in [3.63, 3.8) is 0 Å². The Bertz CT molecular complexity index is 621. The van der Waals surface area contributed by atoms with Crippen molar-refractivity contribution in [3.05, 3.63) is 36.0 Å². The highest BCUT2D eigenvalue weighted by Crippen LogP contribution is 2.32. The fourth-order valence-corrected chi connectivity index (χ4v) is 3.61. The summed E-state index contributed by atoms with van der Waals surface area (Å²) in [5.41, 5.74) is 2.58. The lowest BCUT2D eigenvalue weighted by molar-refractivity contribution is -0.666. The summed E-state index contributed by atoms with van der Waals surface area (Å²) in [6.45, 7) is 5.50. The molecule has 0 spiro atoms. The lowest BCUT2D eigenvalue weighted by atomic mass is 10.1. The average Bonchev–Trinajstić information content (AvgIpc) is 2.98. The summed E-state index contributed by atoms with van der Waals surface area (Å²) in [6, 6.07) is 8.68. The van der Waals surface area contributed by atoms with Gasteiger partial charge < -0.3 is 17.0 Å². The first kappa shape index (κ1) is 15.2. The third-order valence-corrected chi connectivity index (χ3v) is 4.74. The number of thiazole rings is 1. The van der Waals surface area contributed by atoms with E-state index in [0.717, 1.165) is 24.6 Å². The Kier molecular flexibility index (Phi) is 4.60. The number of hydrogen-bond acceptors (Lipinski definition) is 2. The number of carbonyl (C=O) groups is 1. The molecule has 0 aliphatic carbocycles. The monoisotopic (exact) mass is 352 g/mol. The molecule has 1 aliphatic rings. The van der Waals surface area contributed by atoms with Gasteiger partial charge >= 0.3 is 11.0 Å². The van der Waals surface area contributed by atoms with Crippen LogP contribution in [0.4, 0.5) is 5.13 Å². The zero-order valence-electron chi connectivity index (χ0n) is 11.6. The van der Waals surface area contributed by atoms with Gasteiger partial charge in [-0.2, -0.15) is 4.90 Å². The maximum absolute atomic E-state index is 11.6. The lowest BCUT2D eigenvalue weighted by Crippen LogP contribution is -3.00. The van der Waals surface area contributed by atoms with E-state index in [2.05, 4.69) is 42.0 Å². The maximum Gasteiger partial charge on any atom is 0.344 e. The van der Waals surface area contributed by atoms with Gasteiger partial charge in [-0.05, 0) is 28.9 Å². The molecule has 0 saturated heterocycles. The number of aryl methyl sites for hydroxylation is 1. The largest absolute Gasteiger partial charge is 1.00 e. The van der Waals surface area contributed by atoms with Crippen LogP contribution in [-0.2, 0) is 17.8 Å². The van der Waals surface area contributed by atoms with Gasteiger partial charge in [0.05, 0.1) is 4.88 Å². The molecule has 2 aromatic rings. The van der Waals surface area contributed by atoms with Crippen LogP contribution in [0.5, 0.6) is 0 Å². The molecule has 1 aromatic carbocycles. The lowest BCUT2D eigenvalue weighted by Gasteiger charge is -2.01. The van der Waals surface area contributed by atoms with Crippen molar-refractivity contribution in [2.75, 3.05) is 11.4 Å². The molecule has 106 valence electrons. The summed E-state index contributed by atoms with van der Waals surface area (Å²) >= 11 is 1.69. The second-order valence-electron chi connectivity index (χ2n) is 4.79. The Morgan fingerprint density at radius 3 is 2.65 bits per heavy atom. The average molecular weight is 353 g/mol. The number of amides is 1. The van der Waals surface area contributed by atoms with Crippen molar-refractivity contribution in [3.8, 4) is 10.4 Å². The number of halogens is 1. The Morgan fingerprint density at radius 1 is 1.35 bits per heavy atom. The van der Waals surface area contributed by atoms with Crippen molar-refractivity contribution in [1.29, 1.82) is 0 Å². The zero-order valence-corrected chi connectivity index (χ0v) is 14.0. The van der Waals surface area contributed by atoms with Crippen molar-refractivity contribution in [1.82, 2.24) is 0 Å². The maximum atomic E-state index is 11.6. The van der Waals surface area contributed by atoms with E-state index in [9.17, 15) is 4.79 Å². The fourth-order valence-electron chi connectivity index (χ4n) is 2.38. The number of rotatable bonds is 2. The van der Waals surface area contributed by atoms with Gasteiger partial charge in [0.2, 0.25) is 0 Å². The van der Waals surface area contributed by atoms with Gasteiger partial charge in [0.15, 0.2) is 0 Å². The van der Waals surface area contributed by atoms with Crippen molar-refractivity contribution in [2.24, 2.45) is 0 Å². The minimum absolute atomic E-state index is 0. The van der Waals surface area contributed by atoms with Crippen LogP contribution in [0.15, 0.2) is 30.5 Å². The topological polar surface area (TPSA) is 24.2 Å². The van der Waals surface area contributed by atoms with Gasteiger partial charge in [-0.3, -0.25) is 0 Å². The van der Waals surface area contributed by atoms with Crippen LogP contribution in [-0.4, -0.2) is 12.5 Å². The zero-order chi connectivity index (χ0) is 13.4. The first-order valence-electron chi connectivity index (χ1n) is 6.59. The summed E-state index contributed by atoms with van der Waals surface area (Å²) in [4.78, 5) is 14.6. The number of nitrogens with zero attached hydrogens (tertiary/aromatic N) is 2. The van der Waals surface area contributed by atoms with Crippen LogP contribution in [0.1, 0.15) is 19.4 Å². The van der Waals surface area contributed by atoms with E-state index in [0.29, 0.717) is 0 Å². The number of fused-ring (bicyclic) bond motifs is 1. The van der Waals surface area contributed by atoms with E-state index in [1.54, 1.807) is 18.3 Å². The molecule has 0 saturated carbocycles. The second kappa shape index (κ2) is 6.06. The molecule has 1 aromatic heterocycles. The normalized spacial score (nSPS) is 13.0. The summed E-state index contributed by atoms with van der Waals surface area (Å²) in [5, 5.41) is 1.06. The van der Waals surface area contributed by atoms with Gasteiger partial charge in [0.25, 0.3) is 0 Å². The molecule has 0 bridgehead atoms. The van der Waals surface area contributed by atoms with E-state index in [1.807, 2.05) is 4.90 Å². The minimum Gasteiger partial charge on any atom is -1.00 e. The highest BCUT2D eigenvalue weighted by Gasteiger charge is 2.34. The number of anilines is 1. The van der Waals surface area contributed by atoms with Gasteiger partial charge in [-0.25, -0.2) is 9.36 Å². The van der Waals surface area contributed by atoms with Crippen molar-refractivity contribution in [2.45, 2.75) is 26.8 Å². The highest BCUT2D eigenvalue weighted by molar-refractivity contribution is 7.18. The van der Waals surface area contributed by atoms with Crippen molar-refractivity contribution >= 4 is 22.4 Å².